The number of benzene rings is 1. The molecule has 0 unspecified atom stereocenters. The average Bonchev–Trinajstić information content (AvgIpc) is 3.04. The molecule has 3 rings (SSSR count). The maximum absolute atomic E-state index is 12.7. The molecule has 1 aromatic heterocycles. The lowest BCUT2D eigenvalue weighted by Crippen LogP contribution is -2.57. The van der Waals surface area contributed by atoms with Crippen molar-refractivity contribution in [3.63, 3.8) is 0 Å². The normalized spacial score (nSPS) is 15.7. The van der Waals surface area contributed by atoms with Crippen LogP contribution < -0.4 is 10.1 Å². The van der Waals surface area contributed by atoms with Gasteiger partial charge in [-0.05, 0) is 62.5 Å². The zero-order chi connectivity index (χ0) is 20.1. The highest BCUT2D eigenvalue weighted by molar-refractivity contribution is 7.99. The monoisotopic (exact) mass is 404 g/mol. The summed E-state index contributed by atoms with van der Waals surface area (Å²) in [5.41, 5.74) is 1.23. The summed E-state index contributed by atoms with van der Waals surface area (Å²) in [6, 6.07) is 6.82. The fourth-order valence-corrected chi connectivity index (χ4v) is 4.34. The van der Waals surface area contributed by atoms with Gasteiger partial charge in [0, 0.05) is 5.56 Å². The summed E-state index contributed by atoms with van der Waals surface area (Å²) < 4.78 is 15.8. The molecule has 1 aromatic carbocycles. The van der Waals surface area contributed by atoms with Crippen molar-refractivity contribution in [2.45, 2.75) is 38.8 Å². The van der Waals surface area contributed by atoms with Crippen LogP contribution in [0.15, 0.2) is 28.8 Å². The maximum atomic E-state index is 12.7. The Kier molecular flexibility index (Phi) is 6.28. The SMILES string of the molecule is COC(=O)C1(NC(=O)c2ccc(OCc3c(C)noc3C)cc2)CCSCC1. The lowest BCUT2D eigenvalue weighted by Gasteiger charge is -2.34. The van der Waals surface area contributed by atoms with E-state index in [0.717, 1.165) is 28.5 Å². The molecule has 1 aliphatic rings. The van der Waals surface area contributed by atoms with E-state index in [1.165, 1.54) is 7.11 Å². The highest BCUT2D eigenvalue weighted by Crippen LogP contribution is 2.29. The summed E-state index contributed by atoms with van der Waals surface area (Å²) in [7, 11) is 1.35. The van der Waals surface area contributed by atoms with E-state index in [1.807, 2.05) is 13.8 Å². The number of methoxy groups -OCH3 is 1. The minimum absolute atomic E-state index is 0.297. The number of ether oxygens (including phenoxy) is 2. The third-order valence-corrected chi connectivity index (χ3v) is 5.94. The number of aryl methyl sites for hydroxylation is 2. The topological polar surface area (TPSA) is 90.7 Å². The summed E-state index contributed by atoms with van der Waals surface area (Å²) in [5, 5.41) is 6.80. The molecular formula is C20H24N2O5S. The lowest BCUT2D eigenvalue weighted by atomic mass is 9.91. The van der Waals surface area contributed by atoms with Crippen LogP contribution in [0.5, 0.6) is 5.75 Å². The quantitative estimate of drug-likeness (QED) is 0.740. The third kappa shape index (κ3) is 4.32. The first-order valence-electron chi connectivity index (χ1n) is 9.08. The number of thioether (sulfide) groups is 1. The minimum atomic E-state index is -0.949. The summed E-state index contributed by atoms with van der Waals surface area (Å²) in [4.78, 5) is 25.0. The zero-order valence-corrected chi connectivity index (χ0v) is 17.1. The highest BCUT2D eigenvalue weighted by atomic mass is 32.2. The van der Waals surface area contributed by atoms with Crippen molar-refractivity contribution in [1.29, 1.82) is 0 Å². The van der Waals surface area contributed by atoms with E-state index in [4.69, 9.17) is 14.0 Å². The molecule has 1 fully saturated rings. The molecule has 1 amide bonds. The predicted molar refractivity (Wildman–Crippen MR) is 106 cm³/mol. The number of aromatic nitrogens is 1. The minimum Gasteiger partial charge on any atom is -0.489 e. The van der Waals surface area contributed by atoms with Gasteiger partial charge in [-0.25, -0.2) is 4.79 Å². The smallest absolute Gasteiger partial charge is 0.331 e. The van der Waals surface area contributed by atoms with E-state index in [0.29, 0.717) is 30.8 Å². The zero-order valence-electron chi connectivity index (χ0n) is 16.2. The Balaban J connectivity index is 1.65. The number of nitrogens with one attached hydrogen (secondary N) is 1. The van der Waals surface area contributed by atoms with Gasteiger partial charge in [0.15, 0.2) is 0 Å². The molecule has 2 aromatic rings. The molecule has 150 valence electrons. The van der Waals surface area contributed by atoms with Gasteiger partial charge in [-0.2, -0.15) is 11.8 Å². The Morgan fingerprint density at radius 3 is 2.46 bits per heavy atom. The van der Waals surface area contributed by atoms with Gasteiger partial charge in [-0.1, -0.05) is 5.16 Å². The number of hydrogen-bond donors (Lipinski definition) is 1. The number of rotatable bonds is 6. The van der Waals surface area contributed by atoms with Crippen molar-refractivity contribution in [3.05, 3.63) is 46.8 Å². The van der Waals surface area contributed by atoms with Gasteiger partial charge in [0.25, 0.3) is 5.91 Å². The van der Waals surface area contributed by atoms with E-state index < -0.39 is 5.54 Å². The molecule has 0 atom stereocenters. The molecule has 2 heterocycles. The molecule has 7 nitrogen and oxygen atoms in total. The summed E-state index contributed by atoms with van der Waals surface area (Å²) in [6.45, 7) is 4.05. The van der Waals surface area contributed by atoms with Crippen LogP contribution in [-0.4, -0.2) is 41.2 Å². The first-order chi connectivity index (χ1) is 13.4. The Hall–Kier alpha value is -2.48. The van der Waals surface area contributed by atoms with E-state index in [9.17, 15) is 9.59 Å². The van der Waals surface area contributed by atoms with Gasteiger partial charge in [-0.15, -0.1) is 0 Å². The second kappa shape index (κ2) is 8.68. The second-order valence-corrected chi connectivity index (χ2v) is 7.98. The van der Waals surface area contributed by atoms with Crippen LogP contribution in [0.3, 0.4) is 0 Å². The van der Waals surface area contributed by atoms with E-state index in [1.54, 1.807) is 36.0 Å². The van der Waals surface area contributed by atoms with Crippen molar-refractivity contribution in [1.82, 2.24) is 10.5 Å². The first-order valence-corrected chi connectivity index (χ1v) is 10.2. The van der Waals surface area contributed by atoms with E-state index >= 15 is 0 Å². The highest BCUT2D eigenvalue weighted by Gasteiger charge is 2.42. The van der Waals surface area contributed by atoms with Crippen LogP contribution in [-0.2, 0) is 16.1 Å². The van der Waals surface area contributed by atoms with Crippen molar-refractivity contribution >= 4 is 23.6 Å². The number of nitrogens with zero attached hydrogens (tertiary/aromatic N) is 1. The Bertz CT molecular complexity index is 821. The van der Waals surface area contributed by atoms with Gasteiger partial charge in [0.2, 0.25) is 0 Å². The van der Waals surface area contributed by atoms with Crippen LogP contribution in [0.25, 0.3) is 0 Å². The molecule has 0 saturated carbocycles. The first kappa shape index (κ1) is 20.3. The predicted octanol–water partition coefficient (Wildman–Crippen LogP) is 3.04. The number of carbonyl (C=O) groups excluding carboxylic acids is 2. The molecular weight excluding hydrogens is 380 g/mol. The molecule has 0 aliphatic carbocycles. The van der Waals surface area contributed by atoms with Crippen LogP contribution in [0.4, 0.5) is 0 Å². The van der Waals surface area contributed by atoms with Crippen molar-refractivity contribution in [2.24, 2.45) is 0 Å². The molecule has 0 radical (unpaired) electrons. The third-order valence-electron chi connectivity index (χ3n) is 4.96. The molecule has 1 saturated heterocycles. The number of carbonyl (C=O) groups is 2. The molecule has 8 heteroatoms. The Morgan fingerprint density at radius 2 is 1.89 bits per heavy atom. The van der Waals surface area contributed by atoms with Crippen LogP contribution in [0.1, 0.15) is 40.2 Å². The second-order valence-electron chi connectivity index (χ2n) is 6.76. The lowest BCUT2D eigenvalue weighted by molar-refractivity contribution is -0.148. The molecule has 0 spiro atoms. The van der Waals surface area contributed by atoms with Gasteiger partial charge < -0.3 is 19.3 Å². The van der Waals surface area contributed by atoms with Crippen LogP contribution >= 0.6 is 11.8 Å². The number of esters is 1. The molecule has 0 bridgehead atoms. The Morgan fingerprint density at radius 1 is 1.21 bits per heavy atom. The van der Waals surface area contributed by atoms with Crippen molar-refractivity contribution in [3.8, 4) is 5.75 Å². The molecule has 1 N–H and O–H groups in total. The Labute approximate surface area is 168 Å². The summed E-state index contributed by atoms with van der Waals surface area (Å²) in [6.07, 6.45) is 1.13. The summed E-state index contributed by atoms with van der Waals surface area (Å²) in [5.74, 6) is 2.30. The van der Waals surface area contributed by atoms with Crippen molar-refractivity contribution in [2.75, 3.05) is 18.6 Å². The molecule has 28 heavy (non-hydrogen) atoms. The average molecular weight is 404 g/mol. The van der Waals surface area contributed by atoms with E-state index in [-0.39, 0.29) is 11.9 Å². The summed E-state index contributed by atoms with van der Waals surface area (Å²) >= 11 is 1.77. The van der Waals surface area contributed by atoms with Crippen LogP contribution in [0, 0.1) is 13.8 Å². The standard InChI is InChI=1S/C20H24N2O5S/c1-13-17(14(2)27-22-13)12-26-16-6-4-15(5-7-16)18(23)21-20(19(24)25-3)8-10-28-11-9-20/h4-7H,8-12H2,1-3H3,(H,21,23). The number of amides is 1. The van der Waals surface area contributed by atoms with Gasteiger partial charge in [-0.3, -0.25) is 4.79 Å². The van der Waals surface area contributed by atoms with Crippen LogP contribution in [0.2, 0.25) is 0 Å². The largest absolute Gasteiger partial charge is 0.489 e. The van der Waals surface area contributed by atoms with Gasteiger partial charge in [0.05, 0.1) is 18.4 Å². The van der Waals surface area contributed by atoms with E-state index in [2.05, 4.69) is 10.5 Å². The fraction of sp³-hybridized carbons (Fsp3) is 0.450. The maximum Gasteiger partial charge on any atom is 0.331 e. The van der Waals surface area contributed by atoms with Gasteiger partial charge in [0.1, 0.15) is 23.7 Å². The fourth-order valence-electron chi connectivity index (χ4n) is 3.15. The number of hydrogen-bond acceptors (Lipinski definition) is 7. The van der Waals surface area contributed by atoms with Gasteiger partial charge >= 0.3 is 5.97 Å². The van der Waals surface area contributed by atoms with Crippen molar-refractivity contribution < 1.29 is 23.6 Å². The molecule has 1 aliphatic heterocycles.